The number of halogens is 2. The highest BCUT2D eigenvalue weighted by Gasteiger charge is 2.18. The Hall–Kier alpha value is -1.79. The standard InChI is InChI=1S/C15H16ClFN4O/c1-21-4-2-10(3-5-21)22-15-9-18-13(8-20-15)11-7-19-14(16)6-12(11)17/h6-10H,2-5H2,1H3. The fraction of sp³-hybridized carbons (Fsp3) is 0.400. The van der Waals surface area contributed by atoms with Gasteiger partial charge in [0.05, 0.1) is 23.7 Å². The number of aromatic nitrogens is 3. The van der Waals surface area contributed by atoms with Gasteiger partial charge in [0.1, 0.15) is 17.1 Å². The van der Waals surface area contributed by atoms with Crippen LogP contribution in [0.4, 0.5) is 4.39 Å². The van der Waals surface area contributed by atoms with Crippen molar-refractivity contribution >= 4 is 11.6 Å². The average molecular weight is 323 g/mol. The van der Waals surface area contributed by atoms with Crippen LogP contribution in [-0.4, -0.2) is 46.1 Å². The molecule has 3 heterocycles. The first-order valence-electron chi connectivity index (χ1n) is 7.10. The molecule has 2 aromatic heterocycles. The molecule has 0 aliphatic carbocycles. The van der Waals surface area contributed by atoms with Crippen molar-refractivity contribution in [3.63, 3.8) is 0 Å². The largest absolute Gasteiger partial charge is 0.473 e. The quantitative estimate of drug-likeness (QED) is 0.813. The Morgan fingerprint density at radius 3 is 2.59 bits per heavy atom. The zero-order valence-electron chi connectivity index (χ0n) is 12.2. The van der Waals surface area contributed by atoms with E-state index >= 15 is 0 Å². The molecule has 0 amide bonds. The number of piperidine rings is 1. The van der Waals surface area contributed by atoms with Gasteiger partial charge >= 0.3 is 0 Å². The molecule has 5 nitrogen and oxygen atoms in total. The van der Waals surface area contributed by atoms with Gasteiger partial charge < -0.3 is 9.64 Å². The highest BCUT2D eigenvalue weighted by atomic mass is 35.5. The third kappa shape index (κ3) is 3.51. The fourth-order valence-corrected chi connectivity index (χ4v) is 2.53. The lowest BCUT2D eigenvalue weighted by Gasteiger charge is -2.28. The van der Waals surface area contributed by atoms with E-state index in [0.717, 1.165) is 32.0 Å². The maximum Gasteiger partial charge on any atom is 0.232 e. The molecular formula is C15H16ClFN4O. The second-order valence-electron chi connectivity index (χ2n) is 5.35. The first-order valence-corrected chi connectivity index (χ1v) is 7.48. The molecule has 3 rings (SSSR count). The van der Waals surface area contributed by atoms with Crippen molar-refractivity contribution in [2.75, 3.05) is 20.1 Å². The van der Waals surface area contributed by atoms with Gasteiger partial charge in [-0.3, -0.25) is 0 Å². The molecule has 0 bridgehead atoms. The van der Waals surface area contributed by atoms with Crippen molar-refractivity contribution in [2.45, 2.75) is 18.9 Å². The van der Waals surface area contributed by atoms with E-state index in [1.165, 1.54) is 18.6 Å². The van der Waals surface area contributed by atoms with Crippen LogP contribution in [0.2, 0.25) is 5.15 Å². The smallest absolute Gasteiger partial charge is 0.232 e. The number of nitrogens with zero attached hydrogens (tertiary/aromatic N) is 4. The predicted octanol–water partition coefficient (Wildman–Crippen LogP) is 2.80. The third-order valence-corrected chi connectivity index (χ3v) is 3.88. The molecule has 7 heteroatoms. The SMILES string of the molecule is CN1CCC(Oc2cnc(-c3cnc(Cl)cc3F)cn2)CC1. The van der Waals surface area contributed by atoms with E-state index in [0.29, 0.717) is 11.6 Å². The summed E-state index contributed by atoms with van der Waals surface area (Å²) in [7, 11) is 2.10. The second-order valence-corrected chi connectivity index (χ2v) is 5.73. The summed E-state index contributed by atoms with van der Waals surface area (Å²) < 4.78 is 19.6. The molecule has 0 unspecified atom stereocenters. The van der Waals surface area contributed by atoms with Gasteiger partial charge in [-0.25, -0.2) is 19.3 Å². The van der Waals surface area contributed by atoms with Crippen LogP contribution in [0.1, 0.15) is 12.8 Å². The summed E-state index contributed by atoms with van der Waals surface area (Å²) in [4.78, 5) is 14.5. The molecular weight excluding hydrogens is 307 g/mol. The lowest BCUT2D eigenvalue weighted by Crippen LogP contribution is -2.35. The van der Waals surface area contributed by atoms with E-state index in [1.807, 2.05) is 0 Å². The van der Waals surface area contributed by atoms with Crippen molar-refractivity contribution in [2.24, 2.45) is 0 Å². The minimum atomic E-state index is -0.474. The Morgan fingerprint density at radius 1 is 1.18 bits per heavy atom. The van der Waals surface area contributed by atoms with E-state index in [2.05, 4.69) is 26.9 Å². The first-order chi connectivity index (χ1) is 10.6. The molecule has 116 valence electrons. The van der Waals surface area contributed by atoms with Gasteiger partial charge in [0.25, 0.3) is 0 Å². The molecule has 0 radical (unpaired) electrons. The second kappa shape index (κ2) is 6.54. The van der Waals surface area contributed by atoms with E-state index in [1.54, 1.807) is 0 Å². The van der Waals surface area contributed by atoms with Gasteiger partial charge in [-0.2, -0.15) is 0 Å². The van der Waals surface area contributed by atoms with Crippen molar-refractivity contribution in [1.29, 1.82) is 0 Å². The molecule has 0 N–H and O–H groups in total. The minimum Gasteiger partial charge on any atom is -0.473 e. The number of ether oxygens (including phenoxy) is 1. The Kier molecular flexibility index (Phi) is 4.49. The van der Waals surface area contributed by atoms with Gasteiger partial charge in [0.2, 0.25) is 5.88 Å². The summed E-state index contributed by atoms with van der Waals surface area (Å²) in [6.07, 6.45) is 6.44. The molecule has 0 atom stereocenters. The normalized spacial score (nSPS) is 16.7. The zero-order valence-corrected chi connectivity index (χ0v) is 12.9. The van der Waals surface area contributed by atoms with E-state index in [4.69, 9.17) is 16.3 Å². The lowest BCUT2D eigenvalue weighted by molar-refractivity contribution is 0.109. The summed E-state index contributed by atoms with van der Waals surface area (Å²) >= 11 is 5.64. The number of likely N-dealkylation sites (tertiary alicyclic amines) is 1. The maximum atomic E-state index is 13.8. The van der Waals surface area contributed by atoms with Crippen LogP contribution in [0.15, 0.2) is 24.7 Å². The number of pyridine rings is 1. The fourth-order valence-electron chi connectivity index (χ4n) is 2.39. The van der Waals surface area contributed by atoms with E-state index < -0.39 is 5.82 Å². The van der Waals surface area contributed by atoms with Crippen molar-refractivity contribution in [3.05, 3.63) is 35.6 Å². The van der Waals surface area contributed by atoms with Crippen LogP contribution < -0.4 is 4.74 Å². The molecule has 1 aliphatic rings. The number of hydrogen-bond acceptors (Lipinski definition) is 5. The van der Waals surface area contributed by atoms with Crippen LogP contribution in [0.25, 0.3) is 11.3 Å². The van der Waals surface area contributed by atoms with Gasteiger partial charge in [-0.1, -0.05) is 11.6 Å². The van der Waals surface area contributed by atoms with E-state index in [9.17, 15) is 4.39 Å². The third-order valence-electron chi connectivity index (χ3n) is 3.68. The molecule has 2 aromatic rings. The molecule has 1 aliphatic heterocycles. The van der Waals surface area contributed by atoms with Gasteiger partial charge in [0, 0.05) is 25.4 Å². The highest BCUT2D eigenvalue weighted by Crippen LogP contribution is 2.23. The Morgan fingerprint density at radius 2 is 1.95 bits per heavy atom. The predicted molar refractivity (Wildman–Crippen MR) is 81.4 cm³/mol. The molecule has 0 aromatic carbocycles. The topological polar surface area (TPSA) is 51.1 Å². The Labute approximate surface area is 133 Å². The summed E-state index contributed by atoms with van der Waals surface area (Å²) in [5.74, 6) is -0.0149. The first kappa shape index (κ1) is 15.1. The van der Waals surface area contributed by atoms with Gasteiger partial charge in [-0.15, -0.1) is 0 Å². The number of hydrogen-bond donors (Lipinski definition) is 0. The maximum absolute atomic E-state index is 13.8. The summed E-state index contributed by atoms with van der Waals surface area (Å²) in [6.45, 7) is 2.02. The van der Waals surface area contributed by atoms with Gasteiger partial charge in [-0.05, 0) is 19.9 Å². The van der Waals surface area contributed by atoms with Crippen LogP contribution in [0.5, 0.6) is 5.88 Å². The number of rotatable bonds is 3. The van der Waals surface area contributed by atoms with Crippen LogP contribution in [0, 0.1) is 5.82 Å². The average Bonchev–Trinajstić information content (AvgIpc) is 2.51. The van der Waals surface area contributed by atoms with Crippen LogP contribution >= 0.6 is 11.6 Å². The van der Waals surface area contributed by atoms with Crippen LogP contribution in [0.3, 0.4) is 0 Å². The Balaban J connectivity index is 1.70. The molecule has 22 heavy (non-hydrogen) atoms. The molecule has 1 fully saturated rings. The lowest BCUT2D eigenvalue weighted by atomic mass is 10.1. The summed E-state index contributed by atoms with van der Waals surface area (Å²) in [5, 5.41) is 0.108. The molecule has 1 saturated heterocycles. The van der Waals surface area contributed by atoms with Crippen LogP contribution in [-0.2, 0) is 0 Å². The van der Waals surface area contributed by atoms with E-state index in [-0.39, 0.29) is 16.8 Å². The van der Waals surface area contributed by atoms with Crippen molar-refractivity contribution in [1.82, 2.24) is 19.9 Å². The monoisotopic (exact) mass is 322 g/mol. The zero-order chi connectivity index (χ0) is 15.5. The minimum absolute atomic E-state index is 0.108. The van der Waals surface area contributed by atoms with Crippen molar-refractivity contribution < 1.29 is 9.13 Å². The highest BCUT2D eigenvalue weighted by molar-refractivity contribution is 6.29. The Bertz CT molecular complexity index is 644. The summed E-state index contributed by atoms with van der Waals surface area (Å²) in [6, 6.07) is 1.15. The summed E-state index contributed by atoms with van der Waals surface area (Å²) in [5.41, 5.74) is 0.667. The van der Waals surface area contributed by atoms with Crippen molar-refractivity contribution in [3.8, 4) is 17.1 Å². The molecule has 0 spiro atoms. The van der Waals surface area contributed by atoms with Gasteiger partial charge in [0.15, 0.2) is 0 Å². The molecule has 0 saturated carbocycles.